The molecule has 0 fully saturated rings. The van der Waals surface area contributed by atoms with Crippen LogP contribution in [-0.2, 0) is 4.79 Å². The van der Waals surface area contributed by atoms with E-state index in [0.29, 0.717) is 18.2 Å². The van der Waals surface area contributed by atoms with E-state index in [1.165, 1.54) is 0 Å². The Morgan fingerprint density at radius 3 is 2.90 bits per heavy atom. The number of nitrogen functional groups attached to an aromatic ring is 1. The average molecular weight is 272 g/mol. The van der Waals surface area contributed by atoms with Gasteiger partial charge in [0.15, 0.2) is 0 Å². The molecule has 0 saturated carbocycles. The SMILES string of the molecule is CC(C)CNC(=O)CNc1ccc2ncccc2c1N. The van der Waals surface area contributed by atoms with Gasteiger partial charge in [0.25, 0.3) is 0 Å². The van der Waals surface area contributed by atoms with Crippen LogP contribution in [0.3, 0.4) is 0 Å². The molecule has 0 bridgehead atoms. The molecule has 5 nitrogen and oxygen atoms in total. The molecule has 1 heterocycles. The number of carbonyl (C=O) groups is 1. The lowest BCUT2D eigenvalue weighted by Crippen LogP contribution is -2.32. The fraction of sp³-hybridized carbons (Fsp3) is 0.333. The van der Waals surface area contributed by atoms with Gasteiger partial charge in [0.2, 0.25) is 5.91 Å². The van der Waals surface area contributed by atoms with Gasteiger partial charge in [0, 0.05) is 18.1 Å². The molecule has 0 atom stereocenters. The molecule has 106 valence electrons. The molecule has 0 aliphatic carbocycles. The van der Waals surface area contributed by atoms with Gasteiger partial charge in [-0.1, -0.05) is 13.8 Å². The molecule has 0 saturated heterocycles. The number of pyridine rings is 1. The lowest BCUT2D eigenvalue weighted by Gasteiger charge is -2.12. The van der Waals surface area contributed by atoms with Crippen molar-refractivity contribution in [1.29, 1.82) is 0 Å². The predicted molar refractivity (Wildman–Crippen MR) is 82.5 cm³/mol. The van der Waals surface area contributed by atoms with Crippen LogP contribution in [0, 0.1) is 5.92 Å². The number of aromatic nitrogens is 1. The van der Waals surface area contributed by atoms with E-state index in [1.54, 1.807) is 6.20 Å². The number of benzene rings is 1. The summed E-state index contributed by atoms with van der Waals surface area (Å²) in [6.45, 7) is 5.00. The first kappa shape index (κ1) is 14.1. The topological polar surface area (TPSA) is 80.0 Å². The first-order valence-electron chi connectivity index (χ1n) is 6.71. The molecule has 0 spiro atoms. The van der Waals surface area contributed by atoms with Crippen LogP contribution in [0.15, 0.2) is 30.5 Å². The molecule has 1 aromatic heterocycles. The Balaban J connectivity index is 2.03. The molecule has 20 heavy (non-hydrogen) atoms. The summed E-state index contributed by atoms with van der Waals surface area (Å²) in [5.41, 5.74) is 8.31. The Bertz CT molecular complexity index is 610. The van der Waals surface area contributed by atoms with E-state index in [2.05, 4.69) is 29.5 Å². The standard InChI is InChI=1S/C15H20N4O/c1-10(2)8-19-14(20)9-18-13-6-5-12-11(15(13)16)4-3-7-17-12/h3-7,10,18H,8-9,16H2,1-2H3,(H,19,20). The Morgan fingerprint density at radius 2 is 2.15 bits per heavy atom. The zero-order valence-electron chi connectivity index (χ0n) is 11.8. The third-order valence-corrected chi connectivity index (χ3v) is 2.97. The molecule has 0 aliphatic heterocycles. The summed E-state index contributed by atoms with van der Waals surface area (Å²) in [6.07, 6.45) is 1.73. The highest BCUT2D eigenvalue weighted by atomic mass is 16.1. The second kappa shape index (κ2) is 6.23. The Kier molecular flexibility index (Phi) is 4.40. The molecular formula is C15H20N4O. The third kappa shape index (κ3) is 3.38. The number of hydrogen-bond acceptors (Lipinski definition) is 4. The van der Waals surface area contributed by atoms with E-state index < -0.39 is 0 Å². The first-order valence-corrected chi connectivity index (χ1v) is 6.71. The van der Waals surface area contributed by atoms with E-state index in [9.17, 15) is 4.79 Å². The fourth-order valence-electron chi connectivity index (χ4n) is 1.89. The number of carbonyl (C=O) groups excluding carboxylic acids is 1. The molecule has 2 aromatic rings. The van der Waals surface area contributed by atoms with Crippen LogP contribution in [0.1, 0.15) is 13.8 Å². The van der Waals surface area contributed by atoms with Crippen molar-refractivity contribution in [2.45, 2.75) is 13.8 Å². The maximum atomic E-state index is 11.7. The molecule has 2 rings (SSSR count). The van der Waals surface area contributed by atoms with Gasteiger partial charge in [-0.25, -0.2) is 0 Å². The van der Waals surface area contributed by atoms with Crippen molar-refractivity contribution in [3.05, 3.63) is 30.5 Å². The van der Waals surface area contributed by atoms with Gasteiger partial charge in [-0.15, -0.1) is 0 Å². The molecule has 1 amide bonds. The first-order chi connectivity index (χ1) is 9.58. The van der Waals surface area contributed by atoms with Gasteiger partial charge < -0.3 is 16.4 Å². The van der Waals surface area contributed by atoms with Crippen LogP contribution in [0.25, 0.3) is 10.9 Å². The molecule has 1 aromatic carbocycles. The quantitative estimate of drug-likeness (QED) is 0.727. The number of fused-ring (bicyclic) bond motifs is 1. The summed E-state index contributed by atoms with van der Waals surface area (Å²) >= 11 is 0. The van der Waals surface area contributed by atoms with Crippen molar-refractivity contribution >= 4 is 28.2 Å². The van der Waals surface area contributed by atoms with Gasteiger partial charge in [0.05, 0.1) is 23.4 Å². The number of nitrogens with two attached hydrogens (primary N) is 1. The van der Waals surface area contributed by atoms with Gasteiger partial charge in [-0.3, -0.25) is 9.78 Å². The highest BCUT2D eigenvalue weighted by Crippen LogP contribution is 2.26. The summed E-state index contributed by atoms with van der Waals surface area (Å²) in [7, 11) is 0. The van der Waals surface area contributed by atoms with Crippen LogP contribution in [0.2, 0.25) is 0 Å². The van der Waals surface area contributed by atoms with Crippen LogP contribution in [0.5, 0.6) is 0 Å². The van der Waals surface area contributed by atoms with Gasteiger partial charge in [-0.2, -0.15) is 0 Å². The normalized spacial score (nSPS) is 10.8. The third-order valence-electron chi connectivity index (χ3n) is 2.97. The number of nitrogens with one attached hydrogen (secondary N) is 2. The van der Waals surface area contributed by atoms with Gasteiger partial charge in [-0.05, 0) is 30.2 Å². The van der Waals surface area contributed by atoms with Crippen molar-refractivity contribution in [3.8, 4) is 0 Å². The molecule has 4 N–H and O–H groups in total. The monoisotopic (exact) mass is 272 g/mol. The maximum absolute atomic E-state index is 11.7. The van der Waals surface area contributed by atoms with Crippen LogP contribution < -0.4 is 16.4 Å². The van der Waals surface area contributed by atoms with Gasteiger partial charge in [0.1, 0.15) is 0 Å². The molecule has 0 unspecified atom stereocenters. The highest BCUT2D eigenvalue weighted by Gasteiger charge is 2.07. The molecule has 5 heteroatoms. The van der Waals surface area contributed by atoms with Crippen LogP contribution in [-0.4, -0.2) is 24.0 Å². The van der Waals surface area contributed by atoms with Crippen molar-refractivity contribution in [2.75, 3.05) is 24.1 Å². The molecular weight excluding hydrogens is 252 g/mol. The maximum Gasteiger partial charge on any atom is 0.239 e. The lowest BCUT2D eigenvalue weighted by molar-refractivity contribution is -0.119. The Morgan fingerprint density at radius 1 is 1.35 bits per heavy atom. The molecule has 0 aliphatic rings. The van der Waals surface area contributed by atoms with Crippen molar-refractivity contribution in [1.82, 2.24) is 10.3 Å². The molecule has 0 radical (unpaired) electrons. The summed E-state index contributed by atoms with van der Waals surface area (Å²) in [6, 6.07) is 7.50. The van der Waals surface area contributed by atoms with Crippen LogP contribution >= 0.6 is 0 Å². The number of amides is 1. The second-order valence-electron chi connectivity index (χ2n) is 5.15. The van der Waals surface area contributed by atoms with Crippen molar-refractivity contribution in [2.24, 2.45) is 5.92 Å². The number of rotatable bonds is 5. The van der Waals surface area contributed by atoms with Gasteiger partial charge >= 0.3 is 0 Å². The van der Waals surface area contributed by atoms with Crippen molar-refractivity contribution in [3.63, 3.8) is 0 Å². The van der Waals surface area contributed by atoms with E-state index in [0.717, 1.165) is 16.6 Å². The van der Waals surface area contributed by atoms with E-state index in [4.69, 9.17) is 5.73 Å². The second-order valence-corrected chi connectivity index (χ2v) is 5.15. The van der Waals surface area contributed by atoms with Crippen molar-refractivity contribution < 1.29 is 4.79 Å². The summed E-state index contributed by atoms with van der Waals surface area (Å²) in [5, 5.41) is 6.81. The Hall–Kier alpha value is -2.30. The van der Waals surface area contributed by atoms with E-state index in [-0.39, 0.29) is 12.5 Å². The minimum Gasteiger partial charge on any atom is -0.397 e. The predicted octanol–water partition coefficient (Wildman–Crippen LogP) is 2.00. The number of nitrogens with zero attached hydrogens (tertiary/aromatic N) is 1. The van der Waals surface area contributed by atoms with Crippen LogP contribution in [0.4, 0.5) is 11.4 Å². The Labute approximate surface area is 118 Å². The fourth-order valence-corrected chi connectivity index (χ4v) is 1.89. The zero-order valence-corrected chi connectivity index (χ0v) is 11.8. The summed E-state index contributed by atoms with van der Waals surface area (Å²) < 4.78 is 0. The summed E-state index contributed by atoms with van der Waals surface area (Å²) in [4.78, 5) is 15.9. The number of anilines is 2. The average Bonchev–Trinajstić information content (AvgIpc) is 2.44. The largest absolute Gasteiger partial charge is 0.397 e. The smallest absolute Gasteiger partial charge is 0.239 e. The van der Waals surface area contributed by atoms with E-state index >= 15 is 0 Å². The number of hydrogen-bond donors (Lipinski definition) is 3. The lowest BCUT2D eigenvalue weighted by atomic mass is 10.1. The minimum absolute atomic E-state index is 0.0376. The summed E-state index contributed by atoms with van der Waals surface area (Å²) in [5.74, 6) is 0.403. The highest BCUT2D eigenvalue weighted by molar-refractivity contribution is 5.97. The zero-order chi connectivity index (χ0) is 14.5. The van der Waals surface area contributed by atoms with E-state index in [1.807, 2.05) is 24.3 Å². The minimum atomic E-state index is -0.0376.